The fourth-order valence-corrected chi connectivity index (χ4v) is 2.49. The molecule has 150 valence electrons. The molecule has 0 spiro atoms. The number of rotatable bonds is 9. The number of nitrogens with zero attached hydrogens (tertiary/aromatic N) is 2. The highest BCUT2D eigenvalue weighted by Crippen LogP contribution is 2.21. The molecular weight excluding hydrogens is 354 g/mol. The predicted molar refractivity (Wildman–Crippen MR) is 107 cm³/mol. The maximum absolute atomic E-state index is 11.9. The number of aliphatic hydroxyl groups is 2. The Morgan fingerprint density at radius 1 is 1.38 bits per heavy atom. The maximum atomic E-state index is 11.9. The molecule has 1 amide bonds. The van der Waals surface area contributed by atoms with E-state index in [1.807, 2.05) is 27.7 Å². The minimum Gasteiger partial charge on any atom is -0.445 e. The summed E-state index contributed by atoms with van der Waals surface area (Å²) in [5.74, 6) is 0. The molecule has 0 saturated heterocycles. The van der Waals surface area contributed by atoms with E-state index in [4.69, 9.17) is 15.6 Å². The van der Waals surface area contributed by atoms with E-state index in [0.29, 0.717) is 17.2 Å². The van der Waals surface area contributed by atoms with Crippen LogP contribution in [-0.2, 0) is 4.74 Å². The molecule has 26 heavy (non-hydrogen) atoms. The van der Waals surface area contributed by atoms with Crippen molar-refractivity contribution in [1.29, 1.82) is 0 Å². The summed E-state index contributed by atoms with van der Waals surface area (Å²) < 4.78 is 4.98. The van der Waals surface area contributed by atoms with Crippen LogP contribution in [0.15, 0.2) is 30.7 Å². The van der Waals surface area contributed by atoms with Gasteiger partial charge in [-0.15, -0.1) is 17.9 Å². The Morgan fingerprint density at radius 3 is 2.50 bits per heavy atom. The lowest BCUT2D eigenvalue weighted by molar-refractivity contribution is 0.0925. The quantitative estimate of drug-likeness (QED) is 0.562. The van der Waals surface area contributed by atoms with Crippen molar-refractivity contribution in [1.82, 2.24) is 9.88 Å². The lowest BCUT2D eigenvalue weighted by Gasteiger charge is -2.22. The largest absolute Gasteiger partial charge is 0.445 e. The van der Waals surface area contributed by atoms with E-state index < -0.39 is 24.8 Å². The van der Waals surface area contributed by atoms with E-state index >= 15 is 0 Å². The van der Waals surface area contributed by atoms with Crippen molar-refractivity contribution in [2.24, 2.45) is 5.73 Å². The Labute approximate surface area is 160 Å². The third-order valence-corrected chi connectivity index (χ3v) is 3.72. The van der Waals surface area contributed by atoms with E-state index in [0.717, 1.165) is 0 Å². The van der Waals surface area contributed by atoms with Gasteiger partial charge in [-0.2, -0.15) is 0 Å². The second-order valence-electron chi connectivity index (χ2n) is 4.47. The monoisotopic (exact) mass is 387 g/mol. The van der Waals surface area contributed by atoms with Crippen LogP contribution in [0.3, 0.4) is 0 Å². The third-order valence-electron chi connectivity index (χ3n) is 2.72. The van der Waals surface area contributed by atoms with Crippen molar-refractivity contribution >= 4 is 17.4 Å². The SMILES string of the molecule is C=CCOC(=O)N(CC=C)CC(N)c1nc(C(O)CO)cs1.CC.CC. The molecule has 7 nitrogen and oxygen atoms in total. The molecule has 8 heteroatoms. The average molecular weight is 388 g/mol. The molecule has 0 saturated carbocycles. The summed E-state index contributed by atoms with van der Waals surface area (Å²) in [5, 5.41) is 20.6. The molecule has 1 heterocycles. The van der Waals surface area contributed by atoms with Gasteiger partial charge in [0.25, 0.3) is 0 Å². The van der Waals surface area contributed by atoms with Crippen LogP contribution in [0.4, 0.5) is 4.79 Å². The zero-order valence-electron chi connectivity index (χ0n) is 16.2. The number of carbonyl (C=O) groups excluding carboxylic acids is 1. The summed E-state index contributed by atoms with van der Waals surface area (Å²) in [6, 6.07) is -0.527. The van der Waals surface area contributed by atoms with E-state index in [-0.39, 0.29) is 13.2 Å². The van der Waals surface area contributed by atoms with Crippen LogP contribution in [-0.4, -0.2) is 52.5 Å². The van der Waals surface area contributed by atoms with Gasteiger partial charge in [0.05, 0.1) is 18.3 Å². The van der Waals surface area contributed by atoms with Gasteiger partial charge >= 0.3 is 6.09 Å². The summed E-state index contributed by atoms with van der Waals surface area (Å²) in [6.45, 7) is 15.3. The van der Waals surface area contributed by atoms with Gasteiger partial charge in [0.2, 0.25) is 0 Å². The first kappa shape index (κ1) is 26.5. The highest BCUT2D eigenvalue weighted by Gasteiger charge is 2.21. The minimum absolute atomic E-state index is 0.117. The summed E-state index contributed by atoms with van der Waals surface area (Å²) in [5.41, 5.74) is 6.41. The van der Waals surface area contributed by atoms with Crippen LogP contribution < -0.4 is 5.73 Å². The molecule has 4 N–H and O–H groups in total. The van der Waals surface area contributed by atoms with Crippen LogP contribution >= 0.6 is 11.3 Å². The Morgan fingerprint density at radius 2 is 2.00 bits per heavy atom. The van der Waals surface area contributed by atoms with E-state index in [1.165, 1.54) is 22.3 Å². The fraction of sp³-hybridized carbons (Fsp3) is 0.556. The van der Waals surface area contributed by atoms with E-state index in [9.17, 15) is 9.90 Å². The fourth-order valence-electron chi connectivity index (χ4n) is 1.63. The van der Waals surface area contributed by atoms with Crippen LogP contribution in [0, 0.1) is 0 Å². The summed E-state index contributed by atoms with van der Waals surface area (Å²) in [7, 11) is 0. The number of ether oxygens (including phenoxy) is 1. The zero-order valence-corrected chi connectivity index (χ0v) is 17.0. The Bertz CT molecular complexity index is 508. The predicted octanol–water partition coefficient (Wildman–Crippen LogP) is 3.03. The van der Waals surface area contributed by atoms with Crippen LogP contribution in [0.1, 0.15) is 50.5 Å². The molecule has 0 aliphatic carbocycles. The number of thiazole rings is 1. The van der Waals surface area contributed by atoms with Crippen molar-refractivity contribution in [3.8, 4) is 0 Å². The van der Waals surface area contributed by atoms with E-state index in [2.05, 4.69) is 18.1 Å². The molecule has 1 rings (SSSR count). The molecule has 0 bridgehead atoms. The molecule has 0 aliphatic heterocycles. The van der Waals surface area contributed by atoms with Gasteiger partial charge < -0.3 is 25.6 Å². The first-order valence-corrected chi connectivity index (χ1v) is 9.54. The molecule has 1 aromatic rings. The second-order valence-corrected chi connectivity index (χ2v) is 5.36. The Kier molecular flexibility index (Phi) is 17.0. The molecule has 2 unspecified atom stereocenters. The highest BCUT2D eigenvalue weighted by molar-refractivity contribution is 7.09. The van der Waals surface area contributed by atoms with Crippen molar-refractivity contribution < 1.29 is 19.7 Å². The number of hydrogen-bond acceptors (Lipinski definition) is 7. The normalized spacial score (nSPS) is 11.7. The van der Waals surface area contributed by atoms with Crippen LogP contribution in [0.25, 0.3) is 0 Å². The number of hydrogen-bond donors (Lipinski definition) is 3. The lowest BCUT2D eigenvalue weighted by Crippen LogP contribution is -2.37. The number of aromatic nitrogens is 1. The van der Waals surface area contributed by atoms with Gasteiger partial charge in [-0.1, -0.05) is 46.4 Å². The Balaban J connectivity index is 0. The van der Waals surface area contributed by atoms with E-state index in [1.54, 1.807) is 11.5 Å². The van der Waals surface area contributed by atoms with Crippen LogP contribution in [0.5, 0.6) is 0 Å². The number of aliphatic hydroxyl groups excluding tert-OH is 2. The van der Waals surface area contributed by atoms with Crippen LogP contribution in [0.2, 0.25) is 0 Å². The lowest BCUT2D eigenvalue weighted by atomic mass is 10.3. The van der Waals surface area contributed by atoms with Crippen molar-refractivity contribution in [2.75, 3.05) is 26.3 Å². The molecular formula is C18H33N3O4S. The first-order chi connectivity index (χ1) is 12.5. The van der Waals surface area contributed by atoms with Crippen molar-refractivity contribution in [2.45, 2.75) is 39.8 Å². The van der Waals surface area contributed by atoms with Gasteiger partial charge in [-0.25, -0.2) is 9.78 Å². The third kappa shape index (κ3) is 9.67. The summed E-state index contributed by atoms with van der Waals surface area (Å²) >= 11 is 1.26. The molecule has 0 fully saturated rings. The summed E-state index contributed by atoms with van der Waals surface area (Å²) in [4.78, 5) is 17.5. The van der Waals surface area contributed by atoms with Crippen molar-refractivity contribution in [3.63, 3.8) is 0 Å². The van der Waals surface area contributed by atoms with Gasteiger partial charge in [-0.3, -0.25) is 0 Å². The topological polar surface area (TPSA) is 109 Å². The average Bonchev–Trinajstić information content (AvgIpc) is 3.18. The maximum Gasteiger partial charge on any atom is 0.410 e. The number of nitrogens with two attached hydrogens (primary N) is 1. The number of carbonyl (C=O) groups is 1. The first-order valence-electron chi connectivity index (χ1n) is 8.66. The smallest absolute Gasteiger partial charge is 0.410 e. The molecule has 0 radical (unpaired) electrons. The Hall–Kier alpha value is -1.74. The molecule has 2 atom stereocenters. The van der Waals surface area contributed by atoms with Crippen molar-refractivity contribution in [3.05, 3.63) is 41.4 Å². The van der Waals surface area contributed by atoms with Gasteiger partial charge in [-0.05, 0) is 0 Å². The van der Waals surface area contributed by atoms with Gasteiger partial charge in [0, 0.05) is 18.5 Å². The second kappa shape index (κ2) is 16.7. The zero-order chi connectivity index (χ0) is 20.5. The molecule has 0 aliphatic rings. The molecule has 0 aromatic carbocycles. The molecule has 1 aromatic heterocycles. The van der Waals surface area contributed by atoms with Gasteiger partial charge in [0.1, 0.15) is 17.7 Å². The number of amides is 1. The minimum atomic E-state index is -1.03. The standard InChI is InChI=1S/C14H21N3O4S.2C2H6/c1-3-5-17(14(20)21-6-4-2)7-10(15)13-16-11(9-22-13)12(19)8-18;2*1-2/h3-4,9-10,12,18-19H,1-2,5-8,15H2;2*1-2H3. The van der Waals surface area contributed by atoms with Gasteiger partial charge in [0.15, 0.2) is 0 Å². The summed E-state index contributed by atoms with van der Waals surface area (Å²) in [6.07, 6.45) is 1.51. The highest BCUT2D eigenvalue weighted by atomic mass is 32.1.